The van der Waals surface area contributed by atoms with E-state index in [1.54, 1.807) is 6.07 Å². The van der Waals surface area contributed by atoms with Crippen LogP contribution in [-0.2, 0) is 17.4 Å². The van der Waals surface area contributed by atoms with Crippen molar-refractivity contribution in [3.63, 3.8) is 0 Å². The van der Waals surface area contributed by atoms with E-state index in [1.165, 1.54) is 12.1 Å². The number of aliphatic carboxylic acids is 1. The third-order valence-corrected chi connectivity index (χ3v) is 5.61. The van der Waals surface area contributed by atoms with Gasteiger partial charge in [0.1, 0.15) is 0 Å². The van der Waals surface area contributed by atoms with Crippen molar-refractivity contribution in [2.75, 3.05) is 37.6 Å². The van der Waals surface area contributed by atoms with Gasteiger partial charge in [-0.1, -0.05) is 35.5 Å². The molecule has 0 atom stereocenters. The van der Waals surface area contributed by atoms with E-state index in [2.05, 4.69) is 10.1 Å². The van der Waals surface area contributed by atoms with Crippen LogP contribution >= 0.6 is 0 Å². The summed E-state index contributed by atoms with van der Waals surface area (Å²) in [4.78, 5) is 15.0. The number of oxime groups is 1. The summed E-state index contributed by atoms with van der Waals surface area (Å²) in [7, 11) is 0. The standard InChI is InChI=1S/C23H26F3N3O3/c24-23(25,26)19-2-1-3-20(16-19)29-14-12-28(13-15-29)11-10-17-4-6-18(7-5-17)21(27-32)8-9-22(30)31/h1-7,16,32H,8-15H2,(H,30,31)/b27-21-. The van der Waals surface area contributed by atoms with E-state index in [0.717, 1.165) is 37.7 Å². The van der Waals surface area contributed by atoms with Crippen molar-refractivity contribution in [3.8, 4) is 0 Å². The van der Waals surface area contributed by atoms with E-state index in [9.17, 15) is 18.0 Å². The van der Waals surface area contributed by atoms with Crippen molar-refractivity contribution in [1.82, 2.24) is 4.90 Å². The van der Waals surface area contributed by atoms with Crippen molar-refractivity contribution < 1.29 is 28.3 Å². The molecule has 0 aromatic heterocycles. The van der Waals surface area contributed by atoms with Crippen molar-refractivity contribution in [2.24, 2.45) is 5.16 Å². The number of alkyl halides is 3. The van der Waals surface area contributed by atoms with Gasteiger partial charge in [0.05, 0.1) is 17.7 Å². The molecule has 0 radical (unpaired) electrons. The van der Waals surface area contributed by atoms with Crippen LogP contribution in [0.5, 0.6) is 0 Å². The Kier molecular flexibility index (Phi) is 7.74. The molecule has 0 amide bonds. The summed E-state index contributed by atoms with van der Waals surface area (Å²) in [5.41, 5.74) is 2.10. The fourth-order valence-electron chi connectivity index (χ4n) is 3.74. The van der Waals surface area contributed by atoms with Gasteiger partial charge < -0.3 is 15.2 Å². The first-order valence-electron chi connectivity index (χ1n) is 10.4. The monoisotopic (exact) mass is 449 g/mol. The van der Waals surface area contributed by atoms with Crippen molar-refractivity contribution in [1.29, 1.82) is 0 Å². The average Bonchev–Trinajstić information content (AvgIpc) is 2.78. The Bertz CT molecular complexity index is 937. The molecule has 1 aliphatic rings. The lowest BCUT2D eigenvalue weighted by Crippen LogP contribution is -2.47. The van der Waals surface area contributed by atoms with Gasteiger partial charge in [0, 0.05) is 44.8 Å². The first-order valence-corrected chi connectivity index (χ1v) is 10.4. The lowest BCUT2D eigenvalue weighted by molar-refractivity contribution is -0.138. The number of anilines is 1. The van der Waals surface area contributed by atoms with E-state index in [-0.39, 0.29) is 12.8 Å². The normalized spacial score (nSPS) is 15.7. The minimum atomic E-state index is -4.34. The molecule has 0 saturated carbocycles. The highest BCUT2D eigenvalue weighted by Gasteiger charge is 2.31. The number of hydrogen-bond donors (Lipinski definition) is 2. The zero-order valence-corrected chi connectivity index (χ0v) is 17.6. The molecule has 2 aromatic rings. The summed E-state index contributed by atoms with van der Waals surface area (Å²) < 4.78 is 38.8. The van der Waals surface area contributed by atoms with Gasteiger partial charge in [0.2, 0.25) is 0 Å². The summed E-state index contributed by atoms with van der Waals surface area (Å²) in [5.74, 6) is -0.948. The van der Waals surface area contributed by atoms with Crippen molar-refractivity contribution in [2.45, 2.75) is 25.4 Å². The molecule has 32 heavy (non-hydrogen) atoms. The lowest BCUT2D eigenvalue weighted by atomic mass is 10.0. The molecule has 0 spiro atoms. The molecule has 1 saturated heterocycles. The van der Waals surface area contributed by atoms with Crippen LogP contribution < -0.4 is 4.90 Å². The van der Waals surface area contributed by atoms with E-state index < -0.39 is 17.7 Å². The number of carboxylic acids is 1. The number of piperazine rings is 1. The van der Waals surface area contributed by atoms with Gasteiger partial charge in [0.25, 0.3) is 0 Å². The molecule has 1 fully saturated rings. The molecule has 172 valence electrons. The Balaban J connectivity index is 1.48. The maximum Gasteiger partial charge on any atom is 0.416 e. The van der Waals surface area contributed by atoms with Crippen LogP contribution in [0.3, 0.4) is 0 Å². The number of nitrogens with zero attached hydrogens (tertiary/aromatic N) is 3. The van der Waals surface area contributed by atoms with Crippen LogP contribution in [0.4, 0.5) is 18.9 Å². The van der Waals surface area contributed by atoms with Crippen LogP contribution in [0.25, 0.3) is 0 Å². The fourth-order valence-corrected chi connectivity index (χ4v) is 3.74. The number of rotatable bonds is 8. The molecule has 0 unspecified atom stereocenters. The minimum absolute atomic E-state index is 0.104. The van der Waals surface area contributed by atoms with Crippen LogP contribution in [0.2, 0.25) is 0 Å². The van der Waals surface area contributed by atoms with Crippen LogP contribution in [0.15, 0.2) is 53.7 Å². The molecular weight excluding hydrogens is 423 g/mol. The van der Waals surface area contributed by atoms with Gasteiger partial charge in [-0.05, 0) is 35.7 Å². The quantitative estimate of drug-likeness (QED) is 0.360. The van der Waals surface area contributed by atoms with Gasteiger partial charge in [-0.2, -0.15) is 13.2 Å². The van der Waals surface area contributed by atoms with E-state index >= 15 is 0 Å². The number of carbonyl (C=O) groups is 1. The summed E-state index contributed by atoms with van der Waals surface area (Å²) in [5, 5.41) is 21.1. The van der Waals surface area contributed by atoms with Gasteiger partial charge in [-0.25, -0.2) is 0 Å². The second kappa shape index (κ2) is 10.5. The SMILES string of the molecule is O=C(O)CC/C(=N/O)c1ccc(CCN2CCN(c3cccc(C(F)(F)F)c3)CC2)cc1. The molecule has 1 aliphatic heterocycles. The van der Waals surface area contributed by atoms with Crippen LogP contribution in [-0.4, -0.2) is 59.6 Å². The molecule has 2 N–H and O–H groups in total. The summed E-state index contributed by atoms with van der Waals surface area (Å²) >= 11 is 0. The molecular formula is C23H26F3N3O3. The van der Waals surface area contributed by atoms with Crippen molar-refractivity contribution >= 4 is 17.4 Å². The molecule has 1 heterocycles. The Morgan fingerprint density at radius 2 is 1.69 bits per heavy atom. The molecule has 2 aromatic carbocycles. The van der Waals surface area contributed by atoms with Gasteiger partial charge in [-0.3, -0.25) is 9.69 Å². The summed E-state index contributed by atoms with van der Waals surface area (Å²) in [6.45, 7) is 3.70. The largest absolute Gasteiger partial charge is 0.481 e. The molecule has 6 nitrogen and oxygen atoms in total. The first-order chi connectivity index (χ1) is 15.3. The van der Waals surface area contributed by atoms with E-state index in [0.29, 0.717) is 30.1 Å². The lowest BCUT2D eigenvalue weighted by Gasteiger charge is -2.36. The van der Waals surface area contributed by atoms with Crippen LogP contribution in [0.1, 0.15) is 29.5 Å². The molecule has 0 bridgehead atoms. The predicted octanol–water partition coefficient (Wildman–Crippen LogP) is 4.11. The maximum absolute atomic E-state index is 12.9. The maximum atomic E-state index is 12.9. The third kappa shape index (κ3) is 6.46. The van der Waals surface area contributed by atoms with Crippen LogP contribution in [0, 0.1) is 0 Å². The Morgan fingerprint density at radius 3 is 2.28 bits per heavy atom. The second-order valence-corrected chi connectivity index (χ2v) is 7.76. The highest BCUT2D eigenvalue weighted by atomic mass is 19.4. The number of halogens is 3. The van der Waals surface area contributed by atoms with Gasteiger partial charge >= 0.3 is 12.1 Å². The van der Waals surface area contributed by atoms with Gasteiger partial charge in [0.15, 0.2) is 0 Å². The number of benzene rings is 2. The molecule has 3 rings (SSSR count). The molecule has 9 heteroatoms. The third-order valence-electron chi connectivity index (χ3n) is 5.61. The Morgan fingerprint density at radius 1 is 1.00 bits per heavy atom. The first kappa shape index (κ1) is 23.6. The fraction of sp³-hybridized carbons (Fsp3) is 0.391. The smallest absolute Gasteiger partial charge is 0.416 e. The Labute approximate surface area is 184 Å². The van der Waals surface area contributed by atoms with Gasteiger partial charge in [-0.15, -0.1) is 0 Å². The highest BCUT2D eigenvalue weighted by molar-refractivity contribution is 6.01. The zero-order valence-electron chi connectivity index (χ0n) is 17.6. The number of hydrogen-bond acceptors (Lipinski definition) is 5. The predicted molar refractivity (Wildman–Crippen MR) is 115 cm³/mol. The topological polar surface area (TPSA) is 76.4 Å². The zero-order chi connectivity index (χ0) is 23.1. The average molecular weight is 449 g/mol. The minimum Gasteiger partial charge on any atom is -0.481 e. The number of carboxylic acid groups (broad SMARTS) is 1. The Hall–Kier alpha value is -3.07. The molecule has 0 aliphatic carbocycles. The van der Waals surface area contributed by atoms with E-state index in [1.807, 2.05) is 29.2 Å². The highest BCUT2D eigenvalue weighted by Crippen LogP contribution is 2.31. The van der Waals surface area contributed by atoms with Crippen molar-refractivity contribution in [3.05, 3.63) is 65.2 Å². The summed E-state index contributed by atoms with van der Waals surface area (Å²) in [6, 6.07) is 13.0. The summed E-state index contributed by atoms with van der Waals surface area (Å²) in [6.07, 6.45) is -3.48. The second-order valence-electron chi connectivity index (χ2n) is 7.76. The van der Waals surface area contributed by atoms with E-state index in [4.69, 9.17) is 10.3 Å².